The van der Waals surface area contributed by atoms with Crippen LogP contribution < -0.4 is 5.32 Å². The lowest BCUT2D eigenvalue weighted by Gasteiger charge is -2.21. The third-order valence-electron chi connectivity index (χ3n) is 3.76. The zero-order chi connectivity index (χ0) is 12.6. The van der Waals surface area contributed by atoms with Crippen LogP contribution in [0.1, 0.15) is 37.7 Å². The van der Waals surface area contributed by atoms with E-state index in [4.69, 9.17) is 4.74 Å². The van der Waals surface area contributed by atoms with Crippen LogP contribution in [0.4, 0.5) is 5.69 Å². The molecule has 1 aliphatic heterocycles. The second-order valence-corrected chi connectivity index (χ2v) is 5.34. The number of aryl methyl sites for hydroxylation is 1. The highest BCUT2D eigenvalue weighted by Gasteiger charge is 2.12. The first-order valence-corrected chi connectivity index (χ1v) is 7.23. The van der Waals surface area contributed by atoms with Crippen molar-refractivity contribution in [1.29, 1.82) is 0 Å². The van der Waals surface area contributed by atoms with Crippen molar-refractivity contribution in [2.75, 3.05) is 25.1 Å². The molecule has 2 heteroatoms. The van der Waals surface area contributed by atoms with Gasteiger partial charge in [-0.1, -0.05) is 30.5 Å². The standard InChI is InChI=1S/C16H25NO/c1-14-5-7-16(8-6-14)17-11-3-2-4-15-9-12-18-13-10-15/h5-8,15,17H,2-4,9-13H2,1H3. The minimum atomic E-state index is 0.915. The van der Waals surface area contributed by atoms with E-state index in [1.807, 2.05) is 0 Å². The Bertz CT molecular complexity index is 327. The molecule has 0 unspecified atom stereocenters. The third kappa shape index (κ3) is 4.69. The van der Waals surface area contributed by atoms with Crippen molar-refractivity contribution in [2.45, 2.75) is 39.0 Å². The molecule has 2 nitrogen and oxygen atoms in total. The number of anilines is 1. The van der Waals surface area contributed by atoms with E-state index >= 15 is 0 Å². The number of ether oxygens (including phenoxy) is 1. The van der Waals surface area contributed by atoms with Gasteiger partial charge >= 0.3 is 0 Å². The van der Waals surface area contributed by atoms with Gasteiger partial charge in [0.15, 0.2) is 0 Å². The second-order valence-electron chi connectivity index (χ2n) is 5.34. The van der Waals surface area contributed by atoms with Gasteiger partial charge < -0.3 is 10.1 Å². The van der Waals surface area contributed by atoms with Gasteiger partial charge in [-0.3, -0.25) is 0 Å². The first kappa shape index (κ1) is 13.4. The van der Waals surface area contributed by atoms with Crippen molar-refractivity contribution in [3.8, 4) is 0 Å². The summed E-state index contributed by atoms with van der Waals surface area (Å²) in [5.74, 6) is 0.915. The van der Waals surface area contributed by atoms with E-state index in [9.17, 15) is 0 Å². The molecule has 0 radical (unpaired) electrons. The van der Waals surface area contributed by atoms with E-state index in [1.54, 1.807) is 0 Å². The van der Waals surface area contributed by atoms with Gasteiger partial charge in [-0.05, 0) is 44.2 Å². The maximum atomic E-state index is 5.38. The molecule has 100 valence electrons. The van der Waals surface area contributed by atoms with Gasteiger partial charge in [-0.25, -0.2) is 0 Å². The summed E-state index contributed by atoms with van der Waals surface area (Å²) in [6.07, 6.45) is 6.52. The molecule has 2 rings (SSSR count). The minimum absolute atomic E-state index is 0.915. The van der Waals surface area contributed by atoms with Crippen LogP contribution in [0.25, 0.3) is 0 Å². The summed E-state index contributed by atoms with van der Waals surface area (Å²) in [5, 5.41) is 3.48. The van der Waals surface area contributed by atoms with Crippen LogP contribution in [0.2, 0.25) is 0 Å². The van der Waals surface area contributed by atoms with E-state index in [-0.39, 0.29) is 0 Å². The van der Waals surface area contributed by atoms with Gasteiger partial charge in [-0.15, -0.1) is 0 Å². The minimum Gasteiger partial charge on any atom is -0.385 e. The zero-order valence-electron chi connectivity index (χ0n) is 11.5. The molecule has 0 bridgehead atoms. The molecule has 0 spiro atoms. The quantitative estimate of drug-likeness (QED) is 0.767. The molecule has 1 fully saturated rings. The SMILES string of the molecule is Cc1ccc(NCCCCC2CCOCC2)cc1. The zero-order valence-corrected chi connectivity index (χ0v) is 11.5. The molecule has 0 saturated carbocycles. The summed E-state index contributed by atoms with van der Waals surface area (Å²) in [5.41, 5.74) is 2.56. The van der Waals surface area contributed by atoms with Crippen LogP contribution >= 0.6 is 0 Å². The molecule has 18 heavy (non-hydrogen) atoms. The lowest BCUT2D eigenvalue weighted by Crippen LogP contribution is -2.15. The van der Waals surface area contributed by atoms with Crippen molar-refractivity contribution in [3.63, 3.8) is 0 Å². The maximum absolute atomic E-state index is 5.38. The summed E-state index contributed by atoms with van der Waals surface area (Å²) in [7, 11) is 0. The predicted molar refractivity (Wildman–Crippen MR) is 77.1 cm³/mol. The molecule has 0 aromatic heterocycles. The van der Waals surface area contributed by atoms with Crippen molar-refractivity contribution in [1.82, 2.24) is 0 Å². The number of nitrogens with one attached hydrogen (secondary N) is 1. The topological polar surface area (TPSA) is 21.3 Å². The first-order valence-electron chi connectivity index (χ1n) is 7.23. The van der Waals surface area contributed by atoms with Gasteiger partial charge in [0, 0.05) is 25.4 Å². The van der Waals surface area contributed by atoms with Crippen LogP contribution in [-0.2, 0) is 4.74 Å². The molecule has 1 aliphatic rings. The van der Waals surface area contributed by atoms with Crippen LogP contribution in [0.15, 0.2) is 24.3 Å². The summed E-state index contributed by atoms with van der Waals surface area (Å²) >= 11 is 0. The van der Waals surface area contributed by atoms with Crippen molar-refractivity contribution in [2.24, 2.45) is 5.92 Å². The highest BCUT2D eigenvalue weighted by atomic mass is 16.5. The summed E-state index contributed by atoms with van der Waals surface area (Å²) in [6, 6.07) is 8.64. The smallest absolute Gasteiger partial charge is 0.0468 e. The van der Waals surface area contributed by atoms with Gasteiger partial charge in [-0.2, -0.15) is 0 Å². The lowest BCUT2D eigenvalue weighted by atomic mass is 9.94. The Balaban J connectivity index is 1.54. The fourth-order valence-electron chi connectivity index (χ4n) is 2.50. The van der Waals surface area contributed by atoms with E-state index in [0.717, 1.165) is 25.7 Å². The Labute approximate surface area is 111 Å². The third-order valence-corrected chi connectivity index (χ3v) is 3.76. The number of unbranched alkanes of at least 4 members (excludes halogenated alkanes) is 1. The fraction of sp³-hybridized carbons (Fsp3) is 0.625. The monoisotopic (exact) mass is 247 g/mol. The van der Waals surface area contributed by atoms with Crippen LogP contribution in [0.3, 0.4) is 0 Å². The summed E-state index contributed by atoms with van der Waals surface area (Å²) < 4.78 is 5.38. The van der Waals surface area contributed by atoms with Crippen LogP contribution in [0, 0.1) is 12.8 Å². The molecule has 0 atom stereocenters. The van der Waals surface area contributed by atoms with Crippen molar-refractivity contribution in [3.05, 3.63) is 29.8 Å². The number of hydrogen-bond donors (Lipinski definition) is 1. The largest absolute Gasteiger partial charge is 0.385 e. The second kappa shape index (κ2) is 7.42. The number of benzene rings is 1. The Morgan fingerprint density at radius 3 is 2.56 bits per heavy atom. The maximum Gasteiger partial charge on any atom is 0.0468 e. The first-order chi connectivity index (χ1) is 8.84. The Hall–Kier alpha value is -1.02. The predicted octanol–water partition coefficient (Wildman–Crippen LogP) is 4.00. The van der Waals surface area contributed by atoms with Gasteiger partial charge in [0.25, 0.3) is 0 Å². The lowest BCUT2D eigenvalue weighted by molar-refractivity contribution is 0.0632. The van der Waals surface area contributed by atoms with Gasteiger partial charge in [0.1, 0.15) is 0 Å². The molecular formula is C16H25NO. The van der Waals surface area contributed by atoms with Crippen LogP contribution in [-0.4, -0.2) is 19.8 Å². The molecule has 1 aromatic rings. The summed E-state index contributed by atoms with van der Waals surface area (Å²) in [6.45, 7) is 5.17. The highest BCUT2D eigenvalue weighted by Crippen LogP contribution is 2.20. The fourth-order valence-corrected chi connectivity index (χ4v) is 2.50. The molecule has 1 saturated heterocycles. The average molecular weight is 247 g/mol. The van der Waals surface area contributed by atoms with E-state index < -0.39 is 0 Å². The van der Waals surface area contributed by atoms with Crippen LogP contribution in [0.5, 0.6) is 0 Å². The highest BCUT2D eigenvalue weighted by molar-refractivity contribution is 5.44. The molecule has 0 amide bonds. The molecule has 1 heterocycles. The van der Waals surface area contributed by atoms with Gasteiger partial charge in [0.2, 0.25) is 0 Å². The normalized spacial score (nSPS) is 16.7. The molecule has 0 aliphatic carbocycles. The van der Waals surface area contributed by atoms with Crippen molar-refractivity contribution < 1.29 is 4.74 Å². The molecule has 1 aromatic carbocycles. The Morgan fingerprint density at radius 2 is 1.83 bits per heavy atom. The van der Waals surface area contributed by atoms with E-state index in [0.29, 0.717) is 0 Å². The Morgan fingerprint density at radius 1 is 1.11 bits per heavy atom. The van der Waals surface area contributed by atoms with Gasteiger partial charge in [0.05, 0.1) is 0 Å². The van der Waals surface area contributed by atoms with Crippen molar-refractivity contribution >= 4 is 5.69 Å². The summed E-state index contributed by atoms with van der Waals surface area (Å²) in [4.78, 5) is 0. The Kier molecular flexibility index (Phi) is 5.53. The van der Waals surface area contributed by atoms with E-state index in [1.165, 1.54) is 43.4 Å². The number of rotatable bonds is 6. The number of hydrogen-bond acceptors (Lipinski definition) is 2. The molecular weight excluding hydrogens is 222 g/mol. The molecule has 1 N–H and O–H groups in total. The average Bonchev–Trinajstić information content (AvgIpc) is 2.42. The van der Waals surface area contributed by atoms with E-state index in [2.05, 4.69) is 36.5 Å².